The van der Waals surface area contributed by atoms with E-state index in [4.69, 9.17) is 9.47 Å². The lowest BCUT2D eigenvalue weighted by molar-refractivity contribution is -0.145. The predicted octanol–water partition coefficient (Wildman–Crippen LogP) is 2.32. The third-order valence-electron chi connectivity index (χ3n) is 2.68. The first-order valence-corrected chi connectivity index (χ1v) is 6.78. The van der Waals surface area contributed by atoms with E-state index in [1.165, 1.54) is 0 Å². The molecule has 0 aliphatic carbocycles. The number of carbonyl (C=O) groups is 1. The Hall–Kier alpha value is -1.65. The van der Waals surface area contributed by atoms with Crippen LogP contribution in [0.5, 0.6) is 0 Å². The normalized spacial score (nSPS) is 14.2. The van der Waals surface area contributed by atoms with Crippen LogP contribution < -0.4 is 0 Å². The van der Waals surface area contributed by atoms with Crippen LogP contribution in [0.2, 0.25) is 0 Å². The van der Waals surface area contributed by atoms with Crippen molar-refractivity contribution < 1.29 is 19.4 Å². The largest absolute Gasteiger partial charge is 0.466 e. The lowest BCUT2D eigenvalue weighted by Gasteiger charge is -2.09. The average Bonchev–Trinajstić information content (AvgIpc) is 2.46. The summed E-state index contributed by atoms with van der Waals surface area (Å²) in [4.78, 5) is 11.4. The maximum atomic E-state index is 11.4. The molecule has 0 radical (unpaired) electrons. The van der Waals surface area contributed by atoms with Crippen LogP contribution >= 0.6 is 0 Å². The molecule has 0 saturated carbocycles. The molecule has 0 amide bonds. The van der Waals surface area contributed by atoms with Crippen LogP contribution in [0.15, 0.2) is 42.5 Å². The molecule has 0 bridgehead atoms. The van der Waals surface area contributed by atoms with Gasteiger partial charge in [-0.25, -0.2) is 0 Å². The number of benzene rings is 1. The number of esters is 1. The van der Waals surface area contributed by atoms with Gasteiger partial charge in [-0.1, -0.05) is 42.5 Å². The summed E-state index contributed by atoms with van der Waals surface area (Å²) in [5.74, 6) is -0.653. The quantitative estimate of drug-likeness (QED) is 0.585. The highest BCUT2D eigenvalue weighted by Crippen LogP contribution is 2.04. The van der Waals surface area contributed by atoms with Gasteiger partial charge in [0, 0.05) is 0 Å². The fourth-order valence-electron chi connectivity index (χ4n) is 1.57. The number of hydrogen-bond acceptors (Lipinski definition) is 4. The number of hydrogen-bond donors (Lipinski definition) is 1. The van der Waals surface area contributed by atoms with E-state index in [1.807, 2.05) is 30.3 Å². The summed E-state index contributed by atoms with van der Waals surface area (Å²) in [7, 11) is 0. The fraction of sp³-hybridized carbons (Fsp3) is 0.438. The Bertz CT molecular complexity index is 414. The minimum atomic E-state index is -0.726. The van der Waals surface area contributed by atoms with Crippen molar-refractivity contribution in [3.05, 3.63) is 48.0 Å². The van der Waals surface area contributed by atoms with Crippen molar-refractivity contribution in [3.63, 3.8) is 0 Å². The van der Waals surface area contributed by atoms with Crippen LogP contribution in [-0.4, -0.2) is 30.4 Å². The molecule has 0 heterocycles. The molecule has 1 rings (SSSR count). The van der Waals surface area contributed by atoms with Gasteiger partial charge in [0.2, 0.25) is 0 Å². The number of carbonyl (C=O) groups excluding carboxylic acids is 1. The van der Waals surface area contributed by atoms with Crippen molar-refractivity contribution in [2.45, 2.75) is 26.6 Å². The Morgan fingerprint density at radius 3 is 2.65 bits per heavy atom. The Morgan fingerprint density at radius 2 is 2.00 bits per heavy atom. The van der Waals surface area contributed by atoms with Gasteiger partial charge < -0.3 is 14.6 Å². The van der Waals surface area contributed by atoms with E-state index in [1.54, 1.807) is 26.0 Å². The molecule has 20 heavy (non-hydrogen) atoms. The molecule has 0 spiro atoms. The molecule has 0 aliphatic rings. The smallest absolute Gasteiger partial charge is 0.312 e. The zero-order valence-corrected chi connectivity index (χ0v) is 12.0. The van der Waals surface area contributed by atoms with E-state index in [9.17, 15) is 9.90 Å². The summed E-state index contributed by atoms with van der Waals surface area (Å²) in [6.45, 7) is 4.51. The summed E-state index contributed by atoms with van der Waals surface area (Å²) in [6, 6.07) is 9.75. The van der Waals surface area contributed by atoms with E-state index >= 15 is 0 Å². The Morgan fingerprint density at radius 1 is 1.30 bits per heavy atom. The molecule has 1 N–H and O–H groups in total. The second-order valence-corrected chi connectivity index (χ2v) is 4.49. The summed E-state index contributed by atoms with van der Waals surface area (Å²) in [6.07, 6.45) is 2.47. The molecule has 1 aromatic carbocycles. The summed E-state index contributed by atoms with van der Waals surface area (Å²) in [5.41, 5.74) is 1.06. The average molecular weight is 278 g/mol. The summed E-state index contributed by atoms with van der Waals surface area (Å²) in [5, 5.41) is 9.72. The molecule has 0 saturated heterocycles. The second kappa shape index (κ2) is 9.28. The fourth-order valence-corrected chi connectivity index (χ4v) is 1.57. The first-order valence-electron chi connectivity index (χ1n) is 6.78. The van der Waals surface area contributed by atoms with E-state index < -0.39 is 6.10 Å². The monoisotopic (exact) mass is 278 g/mol. The van der Waals surface area contributed by atoms with Gasteiger partial charge in [-0.05, 0) is 19.4 Å². The van der Waals surface area contributed by atoms with Gasteiger partial charge in [-0.2, -0.15) is 0 Å². The van der Waals surface area contributed by atoms with Crippen LogP contribution in [0.25, 0.3) is 0 Å². The van der Waals surface area contributed by atoms with Crippen LogP contribution in [0, 0.1) is 5.92 Å². The van der Waals surface area contributed by atoms with E-state index in [0.29, 0.717) is 13.2 Å². The number of aliphatic hydroxyl groups excluding tert-OH is 1. The van der Waals surface area contributed by atoms with Crippen molar-refractivity contribution in [2.24, 2.45) is 5.92 Å². The molecule has 1 aromatic rings. The maximum Gasteiger partial charge on any atom is 0.312 e. The Kier molecular flexibility index (Phi) is 7.62. The number of aliphatic hydroxyl groups is 1. The highest BCUT2D eigenvalue weighted by molar-refractivity contribution is 5.73. The summed E-state index contributed by atoms with van der Waals surface area (Å²) >= 11 is 0. The van der Waals surface area contributed by atoms with Crippen LogP contribution in [0.3, 0.4) is 0 Å². The van der Waals surface area contributed by atoms with Gasteiger partial charge in [0.1, 0.15) is 0 Å². The van der Waals surface area contributed by atoms with Crippen molar-refractivity contribution in [1.29, 1.82) is 0 Å². The number of rotatable bonds is 8. The minimum Gasteiger partial charge on any atom is -0.466 e. The maximum absolute atomic E-state index is 11.4. The standard InChI is InChI=1S/C16H22O4/c1-3-20-16(18)13(2)9-10-15(17)12-19-11-14-7-5-4-6-8-14/h4-10,13,15,17H,3,11-12H2,1-2H3/b10-9+/t13-,15-/m1/s1. The molecule has 0 aliphatic heterocycles. The van der Waals surface area contributed by atoms with Gasteiger partial charge in [-0.15, -0.1) is 0 Å². The summed E-state index contributed by atoms with van der Waals surface area (Å²) < 4.78 is 10.3. The lowest BCUT2D eigenvalue weighted by atomic mass is 10.1. The molecule has 110 valence electrons. The molecule has 4 nitrogen and oxygen atoms in total. The minimum absolute atomic E-state index is 0.195. The van der Waals surface area contributed by atoms with E-state index in [0.717, 1.165) is 5.56 Å². The third-order valence-corrected chi connectivity index (χ3v) is 2.68. The third kappa shape index (κ3) is 6.50. The van der Waals surface area contributed by atoms with Crippen LogP contribution in [0.4, 0.5) is 0 Å². The molecule has 2 atom stereocenters. The highest BCUT2D eigenvalue weighted by Gasteiger charge is 2.10. The topological polar surface area (TPSA) is 55.8 Å². The Balaban J connectivity index is 2.26. The Labute approximate surface area is 120 Å². The van der Waals surface area contributed by atoms with Gasteiger partial charge in [0.05, 0.1) is 31.8 Å². The molecule has 0 fully saturated rings. The zero-order valence-electron chi connectivity index (χ0n) is 12.0. The van der Waals surface area contributed by atoms with Crippen LogP contribution in [0.1, 0.15) is 19.4 Å². The molecule has 4 heteroatoms. The molecule has 0 unspecified atom stereocenters. The van der Waals surface area contributed by atoms with E-state index in [-0.39, 0.29) is 18.5 Å². The molecule has 0 aromatic heterocycles. The predicted molar refractivity (Wildman–Crippen MR) is 77.0 cm³/mol. The SMILES string of the molecule is CCOC(=O)[C@H](C)/C=C/[C@@H](O)COCc1ccccc1. The van der Waals surface area contributed by atoms with Gasteiger partial charge in [0.15, 0.2) is 0 Å². The lowest BCUT2D eigenvalue weighted by Crippen LogP contribution is -2.15. The molecular weight excluding hydrogens is 256 g/mol. The van der Waals surface area contributed by atoms with Crippen molar-refractivity contribution in [1.82, 2.24) is 0 Å². The van der Waals surface area contributed by atoms with Gasteiger partial charge in [0.25, 0.3) is 0 Å². The van der Waals surface area contributed by atoms with Crippen molar-refractivity contribution in [3.8, 4) is 0 Å². The first-order chi connectivity index (χ1) is 9.63. The number of ether oxygens (including phenoxy) is 2. The first kappa shape index (κ1) is 16.4. The van der Waals surface area contributed by atoms with Crippen molar-refractivity contribution >= 4 is 5.97 Å². The van der Waals surface area contributed by atoms with Gasteiger partial charge in [-0.3, -0.25) is 4.79 Å². The van der Waals surface area contributed by atoms with Crippen LogP contribution in [-0.2, 0) is 20.9 Å². The molecular formula is C16H22O4. The highest BCUT2D eigenvalue weighted by atomic mass is 16.5. The van der Waals surface area contributed by atoms with Crippen molar-refractivity contribution in [2.75, 3.05) is 13.2 Å². The van der Waals surface area contributed by atoms with E-state index in [2.05, 4.69) is 0 Å². The van der Waals surface area contributed by atoms with Gasteiger partial charge >= 0.3 is 5.97 Å². The second-order valence-electron chi connectivity index (χ2n) is 4.49. The zero-order chi connectivity index (χ0) is 14.8.